The maximum absolute atomic E-state index is 2.45. The first-order valence-electron chi connectivity index (χ1n) is 13.9. The average molecular weight is 504 g/mol. The summed E-state index contributed by atoms with van der Waals surface area (Å²) >= 11 is 0. The van der Waals surface area contributed by atoms with Crippen LogP contribution in [0.4, 0.5) is 17.1 Å². The lowest BCUT2D eigenvalue weighted by Crippen LogP contribution is -2.43. The van der Waals surface area contributed by atoms with E-state index in [0.29, 0.717) is 0 Å². The Morgan fingerprint density at radius 1 is 0.410 bits per heavy atom. The molecule has 39 heavy (non-hydrogen) atoms. The summed E-state index contributed by atoms with van der Waals surface area (Å²) in [5, 5.41) is 5.25. The van der Waals surface area contributed by atoms with Crippen molar-refractivity contribution in [3.8, 4) is 11.1 Å². The van der Waals surface area contributed by atoms with E-state index in [1.165, 1.54) is 49.5 Å². The molecule has 0 atom stereocenters. The fourth-order valence-electron chi connectivity index (χ4n) is 6.49. The van der Waals surface area contributed by atoms with Crippen LogP contribution in [0.1, 0.15) is 38.8 Å². The minimum absolute atomic E-state index is 0.0574. The Morgan fingerprint density at radius 2 is 0.974 bits per heavy atom. The maximum Gasteiger partial charge on any atom is 0.0464 e. The van der Waals surface area contributed by atoms with Crippen LogP contribution in [0.5, 0.6) is 0 Å². The topological polar surface area (TPSA) is 3.24 Å². The highest BCUT2D eigenvalue weighted by Crippen LogP contribution is 2.55. The molecule has 0 saturated carbocycles. The molecule has 0 radical (unpaired) electrons. The van der Waals surface area contributed by atoms with Gasteiger partial charge in [-0.3, -0.25) is 0 Å². The number of para-hydroxylation sites is 2. The number of benzene rings is 6. The second-order valence-electron chi connectivity index (χ2n) is 11.9. The summed E-state index contributed by atoms with van der Waals surface area (Å²) in [4.78, 5) is 2.37. The molecule has 6 aromatic carbocycles. The largest absolute Gasteiger partial charge is 0.310 e. The van der Waals surface area contributed by atoms with Gasteiger partial charge in [0.15, 0.2) is 0 Å². The first kappa shape index (κ1) is 23.7. The second-order valence-corrected chi connectivity index (χ2v) is 11.9. The molecule has 0 N–H and O–H groups in total. The monoisotopic (exact) mass is 503 g/mol. The summed E-state index contributed by atoms with van der Waals surface area (Å²) in [6.45, 7) is 9.66. The van der Waals surface area contributed by atoms with Gasteiger partial charge in [-0.2, -0.15) is 0 Å². The van der Waals surface area contributed by atoms with Gasteiger partial charge in [-0.1, -0.05) is 107 Å². The van der Waals surface area contributed by atoms with Crippen molar-refractivity contribution in [2.45, 2.75) is 38.5 Å². The standard InChI is InChI=1S/C38H33N/c1-37(2)35-23-27-20-19-26-13-11-12-18-31(26)33(27)25-34(35)32-22-21-30(24-36(32)38(37,3)4)39(28-14-7-5-8-15-28)29-16-9-6-10-17-29/h5-25H,1-4H3. The summed E-state index contributed by atoms with van der Waals surface area (Å²) in [6.07, 6.45) is 0. The Hall–Kier alpha value is -4.36. The molecule has 6 aromatic rings. The molecule has 0 bridgehead atoms. The molecule has 0 amide bonds. The quantitative estimate of drug-likeness (QED) is 0.217. The van der Waals surface area contributed by atoms with E-state index in [-0.39, 0.29) is 10.8 Å². The van der Waals surface area contributed by atoms with E-state index >= 15 is 0 Å². The second kappa shape index (κ2) is 8.58. The first-order chi connectivity index (χ1) is 18.9. The number of nitrogens with zero attached hydrogens (tertiary/aromatic N) is 1. The van der Waals surface area contributed by atoms with Crippen molar-refractivity contribution in [2.24, 2.45) is 0 Å². The van der Waals surface area contributed by atoms with Crippen LogP contribution in [0.15, 0.2) is 127 Å². The van der Waals surface area contributed by atoms with Gasteiger partial charge in [0.2, 0.25) is 0 Å². The maximum atomic E-state index is 2.45. The Bertz CT molecular complexity index is 1810. The van der Waals surface area contributed by atoms with Crippen molar-refractivity contribution >= 4 is 38.6 Å². The molecule has 0 saturated heterocycles. The summed E-state index contributed by atoms with van der Waals surface area (Å²) < 4.78 is 0. The third-order valence-corrected chi connectivity index (χ3v) is 9.37. The lowest BCUT2D eigenvalue weighted by molar-refractivity contribution is 0.299. The molecule has 190 valence electrons. The number of fused-ring (bicyclic) bond motifs is 6. The van der Waals surface area contributed by atoms with Crippen molar-refractivity contribution in [2.75, 3.05) is 4.90 Å². The molecule has 1 aliphatic carbocycles. The Balaban J connectivity index is 1.49. The summed E-state index contributed by atoms with van der Waals surface area (Å²) in [5.74, 6) is 0. The third-order valence-electron chi connectivity index (χ3n) is 9.37. The van der Waals surface area contributed by atoms with Crippen LogP contribution >= 0.6 is 0 Å². The number of hydrogen-bond acceptors (Lipinski definition) is 1. The van der Waals surface area contributed by atoms with Crippen LogP contribution < -0.4 is 4.90 Å². The van der Waals surface area contributed by atoms with Crippen LogP contribution in [0, 0.1) is 0 Å². The SMILES string of the molecule is CC1(C)c2cc(N(c3ccccc3)c3ccccc3)ccc2-c2cc3c(ccc4ccccc43)cc2C1(C)C. The van der Waals surface area contributed by atoms with E-state index in [1.807, 2.05) is 0 Å². The van der Waals surface area contributed by atoms with Crippen molar-refractivity contribution in [1.82, 2.24) is 0 Å². The molecule has 0 fully saturated rings. The molecular weight excluding hydrogens is 470 g/mol. The normalized spacial score (nSPS) is 15.1. The van der Waals surface area contributed by atoms with Gasteiger partial charge in [0.05, 0.1) is 0 Å². The van der Waals surface area contributed by atoms with Crippen molar-refractivity contribution < 1.29 is 0 Å². The first-order valence-corrected chi connectivity index (χ1v) is 13.9. The molecule has 1 nitrogen and oxygen atoms in total. The summed E-state index contributed by atoms with van der Waals surface area (Å²) in [6, 6.07) is 46.7. The van der Waals surface area contributed by atoms with E-state index in [1.54, 1.807) is 0 Å². The van der Waals surface area contributed by atoms with E-state index in [4.69, 9.17) is 0 Å². The molecule has 7 rings (SSSR count). The zero-order valence-corrected chi connectivity index (χ0v) is 23.1. The molecule has 0 aliphatic heterocycles. The smallest absolute Gasteiger partial charge is 0.0464 e. The van der Waals surface area contributed by atoms with Crippen LogP contribution in [0.3, 0.4) is 0 Å². The van der Waals surface area contributed by atoms with Crippen molar-refractivity contribution in [3.63, 3.8) is 0 Å². The number of anilines is 3. The van der Waals surface area contributed by atoms with Crippen LogP contribution in [-0.4, -0.2) is 0 Å². The Morgan fingerprint density at radius 3 is 1.64 bits per heavy atom. The Labute approximate surface area is 231 Å². The van der Waals surface area contributed by atoms with Gasteiger partial charge in [0, 0.05) is 17.1 Å². The molecule has 1 aliphatic rings. The van der Waals surface area contributed by atoms with E-state index in [9.17, 15) is 0 Å². The van der Waals surface area contributed by atoms with Crippen molar-refractivity contribution in [1.29, 1.82) is 0 Å². The fourth-order valence-corrected chi connectivity index (χ4v) is 6.49. The van der Waals surface area contributed by atoms with E-state index in [0.717, 1.165) is 11.4 Å². The zero-order chi connectivity index (χ0) is 26.8. The minimum atomic E-state index is -0.0745. The van der Waals surface area contributed by atoms with Gasteiger partial charge >= 0.3 is 0 Å². The van der Waals surface area contributed by atoms with Gasteiger partial charge in [0.25, 0.3) is 0 Å². The van der Waals surface area contributed by atoms with Gasteiger partial charge in [-0.25, -0.2) is 0 Å². The number of hydrogen-bond donors (Lipinski definition) is 0. The fraction of sp³-hybridized carbons (Fsp3) is 0.158. The lowest BCUT2D eigenvalue weighted by atomic mass is 9.55. The molecule has 1 heteroatoms. The van der Waals surface area contributed by atoms with E-state index in [2.05, 4.69) is 160 Å². The molecule has 0 heterocycles. The Kier molecular flexibility index (Phi) is 5.22. The zero-order valence-electron chi connectivity index (χ0n) is 23.1. The van der Waals surface area contributed by atoms with Crippen LogP contribution in [0.25, 0.3) is 32.7 Å². The van der Waals surface area contributed by atoms with Gasteiger partial charge in [-0.15, -0.1) is 0 Å². The van der Waals surface area contributed by atoms with Gasteiger partial charge in [-0.05, 0) is 103 Å². The van der Waals surface area contributed by atoms with Crippen LogP contribution in [-0.2, 0) is 10.8 Å². The average Bonchev–Trinajstić information content (AvgIpc) is 2.97. The highest BCUT2D eigenvalue weighted by Gasteiger charge is 2.46. The van der Waals surface area contributed by atoms with E-state index < -0.39 is 0 Å². The van der Waals surface area contributed by atoms with Gasteiger partial charge < -0.3 is 4.90 Å². The third kappa shape index (κ3) is 3.53. The molecule has 0 unspecified atom stereocenters. The predicted octanol–water partition coefficient (Wildman–Crippen LogP) is 10.7. The molecular formula is C38H33N. The lowest BCUT2D eigenvalue weighted by Gasteiger charge is -2.48. The highest BCUT2D eigenvalue weighted by molar-refractivity contribution is 6.09. The van der Waals surface area contributed by atoms with Crippen LogP contribution in [0.2, 0.25) is 0 Å². The minimum Gasteiger partial charge on any atom is -0.310 e. The van der Waals surface area contributed by atoms with Crippen molar-refractivity contribution in [3.05, 3.63) is 139 Å². The molecule has 0 spiro atoms. The highest BCUT2D eigenvalue weighted by atomic mass is 15.1. The summed E-state index contributed by atoms with van der Waals surface area (Å²) in [5.41, 5.74) is 8.90. The van der Waals surface area contributed by atoms with Gasteiger partial charge in [0.1, 0.15) is 0 Å². The summed E-state index contributed by atoms with van der Waals surface area (Å²) in [7, 11) is 0. The predicted molar refractivity (Wildman–Crippen MR) is 168 cm³/mol. The molecule has 0 aromatic heterocycles. The number of rotatable bonds is 3.